The summed E-state index contributed by atoms with van der Waals surface area (Å²) in [5.41, 5.74) is 1.14. The van der Waals surface area contributed by atoms with Gasteiger partial charge in [0.05, 0.1) is 12.8 Å². The molecule has 6 nitrogen and oxygen atoms in total. The molecule has 0 unspecified atom stereocenters. The van der Waals surface area contributed by atoms with Crippen molar-refractivity contribution in [3.8, 4) is 11.5 Å². The predicted molar refractivity (Wildman–Crippen MR) is 76.3 cm³/mol. The molecule has 0 aliphatic rings. The van der Waals surface area contributed by atoms with Crippen molar-refractivity contribution in [2.75, 3.05) is 0 Å². The van der Waals surface area contributed by atoms with E-state index in [1.807, 2.05) is 0 Å². The summed E-state index contributed by atoms with van der Waals surface area (Å²) in [4.78, 5) is 8.24. The highest BCUT2D eigenvalue weighted by Crippen LogP contribution is 2.24. The summed E-state index contributed by atoms with van der Waals surface area (Å²) in [5.74, 6) is -0.774. The summed E-state index contributed by atoms with van der Waals surface area (Å²) >= 11 is 0. The largest absolute Gasteiger partial charge is 0.463 e. The van der Waals surface area contributed by atoms with E-state index >= 15 is 0 Å². The van der Waals surface area contributed by atoms with E-state index in [2.05, 4.69) is 20.3 Å². The Morgan fingerprint density at radius 1 is 1.04 bits per heavy atom. The van der Waals surface area contributed by atoms with Gasteiger partial charge in [-0.2, -0.15) is 0 Å². The average Bonchev–Trinajstić information content (AvgIpc) is 3.21. The second-order valence-corrected chi connectivity index (χ2v) is 4.82. The second kappa shape index (κ2) is 5.24. The van der Waals surface area contributed by atoms with Crippen LogP contribution in [0.1, 0.15) is 5.56 Å². The number of furan rings is 1. The Morgan fingerprint density at radius 2 is 1.87 bits per heavy atom. The molecule has 0 radical (unpaired) electrons. The van der Waals surface area contributed by atoms with Crippen molar-refractivity contribution < 1.29 is 13.2 Å². The maximum Gasteiger partial charge on any atom is 0.182 e. The normalized spacial score (nSPS) is 11.2. The number of rotatable bonds is 3. The van der Waals surface area contributed by atoms with Gasteiger partial charge in [0, 0.05) is 5.56 Å². The zero-order valence-corrected chi connectivity index (χ0v) is 11.6. The molecule has 0 amide bonds. The number of nitrogens with zero attached hydrogens (tertiary/aromatic N) is 5. The lowest BCUT2D eigenvalue weighted by atomic mass is 10.2. The first kappa shape index (κ1) is 13.5. The molecule has 4 aromatic rings. The summed E-state index contributed by atoms with van der Waals surface area (Å²) in [6, 6.07) is 7.16. The maximum absolute atomic E-state index is 13.8. The summed E-state index contributed by atoms with van der Waals surface area (Å²) in [6.07, 6.45) is 2.85. The lowest BCUT2D eigenvalue weighted by Gasteiger charge is -2.05. The summed E-state index contributed by atoms with van der Waals surface area (Å²) in [5, 5.41) is 7.95. The fourth-order valence-corrected chi connectivity index (χ4v) is 2.32. The van der Waals surface area contributed by atoms with E-state index in [0.29, 0.717) is 22.6 Å². The minimum absolute atomic E-state index is 0.0996. The molecule has 0 bridgehead atoms. The van der Waals surface area contributed by atoms with E-state index in [1.165, 1.54) is 35.5 Å². The summed E-state index contributed by atoms with van der Waals surface area (Å²) in [7, 11) is 0. The fraction of sp³-hybridized carbons (Fsp3) is 0.0667. The number of hydrogen-bond donors (Lipinski definition) is 0. The summed E-state index contributed by atoms with van der Waals surface area (Å²) in [6.45, 7) is -0.121. The van der Waals surface area contributed by atoms with Crippen LogP contribution in [-0.4, -0.2) is 25.0 Å². The van der Waals surface area contributed by atoms with E-state index in [-0.39, 0.29) is 12.1 Å². The number of fused-ring (bicyclic) bond motifs is 1. The van der Waals surface area contributed by atoms with Crippen molar-refractivity contribution in [1.82, 2.24) is 25.0 Å². The van der Waals surface area contributed by atoms with Crippen LogP contribution in [0.15, 0.2) is 47.3 Å². The van der Waals surface area contributed by atoms with Gasteiger partial charge in [-0.3, -0.25) is 0 Å². The van der Waals surface area contributed by atoms with Gasteiger partial charge in [-0.05, 0) is 24.3 Å². The standard InChI is InChI=1S/C15H9F2N5O/c16-10-3-1-4-11(17)9(10)7-22-15-14(20-21-22)13(18-8-19-15)12-5-2-6-23-12/h1-6,8H,7H2. The van der Waals surface area contributed by atoms with Crippen LogP contribution in [0.3, 0.4) is 0 Å². The molecule has 3 aromatic heterocycles. The first-order valence-electron chi connectivity index (χ1n) is 6.75. The van der Waals surface area contributed by atoms with E-state index < -0.39 is 11.6 Å². The molecule has 0 N–H and O–H groups in total. The van der Waals surface area contributed by atoms with Crippen LogP contribution < -0.4 is 0 Å². The third kappa shape index (κ3) is 2.24. The van der Waals surface area contributed by atoms with E-state index in [9.17, 15) is 8.78 Å². The molecular weight excluding hydrogens is 304 g/mol. The van der Waals surface area contributed by atoms with E-state index in [4.69, 9.17) is 4.42 Å². The zero-order chi connectivity index (χ0) is 15.8. The Kier molecular flexibility index (Phi) is 3.07. The highest BCUT2D eigenvalue weighted by Gasteiger charge is 2.17. The molecule has 0 spiro atoms. The van der Waals surface area contributed by atoms with Gasteiger partial charge in [-0.1, -0.05) is 11.3 Å². The summed E-state index contributed by atoms with van der Waals surface area (Å²) < 4.78 is 34.2. The molecule has 0 fully saturated rings. The zero-order valence-electron chi connectivity index (χ0n) is 11.6. The molecule has 0 saturated heterocycles. The molecule has 23 heavy (non-hydrogen) atoms. The monoisotopic (exact) mass is 313 g/mol. The van der Waals surface area contributed by atoms with Gasteiger partial charge in [0.25, 0.3) is 0 Å². The van der Waals surface area contributed by atoms with Crippen molar-refractivity contribution in [1.29, 1.82) is 0 Å². The second-order valence-electron chi connectivity index (χ2n) is 4.82. The van der Waals surface area contributed by atoms with Gasteiger partial charge < -0.3 is 4.42 Å². The highest BCUT2D eigenvalue weighted by molar-refractivity contribution is 5.84. The lowest BCUT2D eigenvalue weighted by Crippen LogP contribution is -2.07. The van der Waals surface area contributed by atoms with Gasteiger partial charge >= 0.3 is 0 Å². The van der Waals surface area contributed by atoms with Crippen LogP contribution in [-0.2, 0) is 6.54 Å². The van der Waals surface area contributed by atoms with Crippen molar-refractivity contribution >= 4 is 11.2 Å². The molecule has 0 aliphatic carbocycles. The topological polar surface area (TPSA) is 69.6 Å². The van der Waals surface area contributed by atoms with Crippen LogP contribution in [0.5, 0.6) is 0 Å². The molecule has 8 heteroatoms. The first-order chi connectivity index (χ1) is 11.2. The Bertz CT molecular complexity index is 961. The Balaban J connectivity index is 1.82. The molecule has 114 valence electrons. The molecule has 4 rings (SSSR count). The fourth-order valence-electron chi connectivity index (χ4n) is 2.32. The van der Waals surface area contributed by atoms with Crippen LogP contribution in [0.25, 0.3) is 22.6 Å². The van der Waals surface area contributed by atoms with Gasteiger partial charge in [0.15, 0.2) is 16.9 Å². The van der Waals surface area contributed by atoms with Crippen LogP contribution in [0.2, 0.25) is 0 Å². The van der Waals surface area contributed by atoms with Crippen LogP contribution in [0.4, 0.5) is 8.78 Å². The Hall–Kier alpha value is -3.16. The van der Waals surface area contributed by atoms with Gasteiger partial charge in [0.2, 0.25) is 0 Å². The third-order valence-corrected chi connectivity index (χ3v) is 3.42. The van der Waals surface area contributed by atoms with Crippen molar-refractivity contribution in [2.24, 2.45) is 0 Å². The minimum Gasteiger partial charge on any atom is -0.463 e. The quantitative estimate of drug-likeness (QED) is 0.581. The van der Waals surface area contributed by atoms with Crippen LogP contribution in [0, 0.1) is 11.6 Å². The molecular formula is C15H9F2N5O. The first-order valence-corrected chi connectivity index (χ1v) is 6.75. The van der Waals surface area contributed by atoms with Crippen molar-refractivity contribution in [3.63, 3.8) is 0 Å². The number of halogens is 2. The predicted octanol–water partition coefficient (Wildman–Crippen LogP) is 2.81. The molecule has 0 atom stereocenters. The van der Waals surface area contributed by atoms with Crippen molar-refractivity contribution in [2.45, 2.75) is 6.54 Å². The maximum atomic E-state index is 13.8. The van der Waals surface area contributed by atoms with E-state index in [0.717, 1.165) is 0 Å². The Morgan fingerprint density at radius 3 is 2.61 bits per heavy atom. The van der Waals surface area contributed by atoms with E-state index in [1.54, 1.807) is 12.1 Å². The minimum atomic E-state index is -0.644. The molecule has 1 aromatic carbocycles. The van der Waals surface area contributed by atoms with Gasteiger partial charge in [0.1, 0.15) is 23.7 Å². The SMILES string of the molecule is Fc1cccc(F)c1Cn1nnc2c(-c3ccco3)ncnc21. The van der Waals surface area contributed by atoms with Gasteiger partial charge in [-0.25, -0.2) is 23.4 Å². The highest BCUT2D eigenvalue weighted by atomic mass is 19.1. The van der Waals surface area contributed by atoms with Crippen LogP contribution >= 0.6 is 0 Å². The molecule has 0 aliphatic heterocycles. The Labute approximate surface area is 128 Å². The molecule has 0 saturated carbocycles. The number of benzene rings is 1. The van der Waals surface area contributed by atoms with Gasteiger partial charge in [-0.15, -0.1) is 5.10 Å². The lowest BCUT2D eigenvalue weighted by molar-refractivity contribution is 0.531. The number of aromatic nitrogens is 5. The number of hydrogen-bond acceptors (Lipinski definition) is 5. The average molecular weight is 313 g/mol. The van der Waals surface area contributed by atoms with Crippen molar-refractivity contribution in [3.05, 3.63) is 60.1 Å². The smallest absolute Gasteiger partial charge is 0.182 e. The third-order valence-electron chi connectivity index (χ3n) is 3.42. The molecule has 3 heterocycles.